The first kappa shape index (κ1) is 21.3. The predicted molar refractivity (Wildman–Crippen MR) is 112 cm³/mol. The number of hydrogen-bond donors (Lipinski definition) is 1. The third kappa shape index (κ3) is 4.44. The van der Waals surface area contributed by atoms with Crippen molar-refractivity contribution in [2.75, 3.05) is 25.5 Å². The van der Waals surface area contributed by atoms with E-state index in [0.29, 0.717) is 34.8 Å². The van der Waals surface area contributed by atoms with Gasteiger partial charge in [0.15, 0.2) is 0 Å². The normalized spacial score (nSPS) is 14.5. The number of amides is 2. The lowest BCUT2D eigenvalue weighted by atomic mass is 10.1. The molecule has 3 rings (SSSR count). The van der Waals surface area contributed by atoms with E-state index in [1.165, 1.54) is 20.2 Å². The van der Waals surface area contributed by atoms with Gasteiger partial charge in [0.1, 0.15) is 0 Å². The number of benzene rings is 2. The molecule has 9 heteroatoms. The summed E-state index contributed by atoms with van der Waals surface area (Å²) in [7, 11) is -0.730. The summed E-state index contributed by atoms with van der Waals surface area (Å²) < 4.78 is 26.2. The highest BCUT2D eigenvalue weighted by Crippen LogP contribution is 2.29. The molecular formula is C20H22ClN3O4S. The van der Waals surface area contributed by atoms with E-state index in [-0.39, 0.29) is 17.3 Å². The van der Waals surface area contributed by atoms with Crippen LogP contribution in [0.15, 0.2) is 47.4 Å². The maximum atomic E-state index is 12.9. The summed E-state index contributed by atoms with van der Waals surface area (Å²) in [6.45, 7) is 0.557. The number of anilines is 1. The third-order valence-electron chi connectivity index (χ3n) is 4.74. The summed E-state index contributed by atoms with van der Waals surface area (Å²) in [6, 6.07) is 11.3. The fourth-order valence-electron chi connectivity index (χ4n) is 3.19. The molecule has 0 spiro atoms. The van der Waals surface area contributed by atoms with Crippen molar-refractivity contribution in [1.29, 1.82) is 0 Å². The molecule has 0 saturated carbocycles. The highest BCUT2D eigenvalue weighted by atomic mass is 35.5. The molecule has 1 N–H and O–H groups in total. The van der Waals surface area contributed by atoms with E-state index in [4.69, 9.17) is 11.6 Å². The molecular weight excluding hydrogens is 414 g/mol. The van der Waals surface area contributed by atoms with E-state index in [1.54, 1.807) is 41.3 Å². The zero-order chi connectivity index (χ0) is 21.2. The standard InChI is InChI=1S/C20H22ClN3O4S/c1-23(2)29(27,28)18-7-4-3-6-14(18)13-22-20(26)16-10-9-15(21)12-17(16)24-11-5-8-19(24)25/h3-4,6-7,9-10,12H,5,8,11,13H2,1-2H3,(H,22,26). The Balaban J connectivity index is 1.86. The van der Waals surface area contributed by atoms with E-state index in [1.807, 2.05) is 0 Å². The second-order valence-corrected chi connectivity index (χ2v) is 9.44. The Morgan fingerprint density at radius 2 is 1.93 bits per heavy atom. The van der Waals surface area contributed by atoms with Gasteiger partial charge in [-0.1, -0.05) is 29.8 Å². The van der Waals surface area contributed by atoms with Gasteiger partial charge in [0.2, 0.25) is 15.9 Å². The molecule has 0 radical (unpaired) electrons. The van der Waals surface area contributed by atoms with Crippen molar-refractivity contribution in [2.45, 2.75) is 24.3 Å². The number of hydrogen-bond acceptors (Lipinski definition) is 4. The highest BCUT2D eigenvalue weighted by molar-refractivity contribution is 7.89. The van der Waals surface area contributed by atoms with Crippen molar-refractivity contribution in [3.8, 4) is 0 Å². The number of sulfonamides is 1. The van der Waals surface area contributed by atoms with Crippen LogP contribution < -0.4 is 10.2 Å². The van der Waals surface area contributed by atoms with E-state index >= 15 is 0 Å². The molecule has 29 heavy (non-hydrogen) atoms. The maximum Gasteiger partial charge on any atom is 0.253 e. The van der Waals surface area contributed by atoms with Crippen molar-refractivity contribution >= 4 is 39.1 Å². The van der Waals surface area contributed by atoms with Crippen molar-refractivity contribution < 1.29 is 18.0 Å². The van der Waals surface area contributed by atoms with Crippen molar-refractivity contribution in [3.63, 3.8) is 0 Å². The molecule has 0 aromatic heterocycles. The Bertz CT molecular complexity index is 1050. The van der Waals surface area contributed by atoms with Gasteiger partial charge in [0.25, 0.3) is 5.91 Å². The Kier molecular flexibility index (Phi) is 6.26. The van der Waals surface area contributed by atoms with Gasteiger partial charge < -0.3 is 10.2 Å². The Hall–Kier alpha value is -2.42. The van der Waals surface area contributed by atoms with Crippen LogP contribution in [-0.4, -0.2) is 45.2 Å². The second kappa shape index (κ2) is 8.52. The van der Waals surface area contributed by atoms with Gasteiger partial charge in [-0.15, -0.1) is 0 Å². The van der Waals surface area contributed by atoms with E-state index in [2.05, 4.69) is 5.32 Å². The first-order chi connectivity index (χ1) is 13.7. The number of carbonyl (C=O) groups is 2. The quantitative estimate of drug-likeness (QED) is 0.755. The SMILES string of the molecule is CN(C)S(=O)(=O)c1ccccc1CNC(=O)c1ccc(Cl)cc1N1CCCC1=O. The van der Waals surface area contributed by atoms with Crippen LogP contribution in [0.2, 0.25) is 5.02 Å². The van der Waals surface area contributed by atoms with Crippen LogP contribution in [0.3, 0.4) is 0 Å². The van der Waals surface area contributed by atoms with Gasteiger partial charge in [0.05, 0.1) is 16.1 Å². The highest BCUT2D eigenvalue weighted by Gasteiger charge is 2.26. The van der Waals surface area contributed by atoms with Gasteiger partial charge in [0, 0.05) is 38.6 Å². The lowest BCUT2D eigenvalue weighted by Crippen LogP contribution is -2.30. The van der Waals surface area contributed by atoms with Gasteiger partial charge in [-0.05, 0) is 36.2 Å². The average molecular weight is 436 g/mol. The summed E-state index contributed by atoms with van der Waals surface area (Å²) in [6.07, 6.45) is 1.16. The van der Waals surface area contributed by atoms with Gasteiger partial charge in [-0.25, -0.2) is 12.7 Å². The summed E-state index contributed by atoms with van der Waals surface area (Å²) >= 11 is 6.08. The van der Waals surface area contributed by atoms with Crippen LogP contribution in [0, 0.1) is 0 Å². The minimum atomic E-state index is -3.64. The van der Waals surface area contributed by atoms with Crippen LogP contribution >= 0.6 is 11.6 Å². The lowest BCUT2D eigenvalue weighted by Gasteiger charge is -2.20. The largest absolute Gasteiger partial charge is 0.348 e. The zero-order valence-electron chi connectivity index (χ0n) is 16.2. The minimum Gasteiger partial charge on any atom is -0.348 e. The third-order valence-corrected chi connectivity index (χ3v) is 6.89. The Morgan fingerprint density at radius 1 is 1.21 bits per heavy atom. The first-order valence-corrected chi connectivity index (χ1v) is 10.9. The van der Waals surface area contributed by atoms with Gasteiger partial charge in [-0.2, -0.15) is 0 Å². The Morgan fingerprint density at radius 3 is 2.59 bits per heavy atom. The number of carbonyl (C=O) groups excluding carboxylic acids is 2. The van der Waals surface area contributed by atoms with Crippen LogP contribution in [0.5, 0.6) is 0 Å². The number of nitrogens with one attached hydrogen (secondary N) is 1. The van der Waals surface area contributed by atoms with Crippen LogP contribution in [0.25, 0.3) is 0 Å². The van der Waals surface area contributed by atoms with Crippen LogP contribution in [-0.2, 0) is 21.4 Å². The molecule has 0 unspecified atom stereocenters. The molecule has 0 aliphatic carbocycles. The minimum absolute atomic E-state index is 0.0259. The molecule has 1 heterocycles. The maximum absolute atomic E-state index is 12.9. The Labute approximate surface area is 175 Å². The molecule has 0 bridgehead atoms. The molecule has 2 amide bonds. The van der Waals surface area contributed by atoms with Gasteiger partial charge in [-0.3, -0.25) is 9.59 Å². The van der Waals surface area contributed by atoms with Crippen LogP contribution in [0.1, 0.15) is 28.8 Å². The molecule has 1 saturated heterocycles. The number of rotatable bonds is 6. The summed E-state index contributed by atoms with van der Waals surface area (Å²) in [5.41, 5.74) is 1.26. The molecule has 2 aromatic rings. The number of halogens is 1. The summed E-state index contributed by atoms with van der Waals surface area (Å²) in [5, 5.41) is 3.19. The molecule has 7 nitrogen and oxygen atoms in total. The predicted octanol–water partition coefficient (Wildman–Crippen LogP) is 2.65. The smallest absolute Gasteiger partial charge is 0.253 e. The average Bonchev–Trinajstić information content (AvgIpc) is 3.11. The second-order valence-electron chi connectivity index (χ2n) is 6.89. The van der Waals surface area contributed by atoms with E-state index < -0.39 is 15.9 Å². The molecule has 1 aliphatic heterocycles. The van der Waals surface area contributed by atoms with Crippen molar-refractivity contribution in [1.82, 2.24) is 9.62 Å². The van der Waals surface area contributed by atoms with Crippen LogP contribution in [0.4, 0.5) is 5.69 Å². The first-order valence-electron chi connectivity index (χ1n) is 9.10. The fraction of sp³-hybridized carbons (Fsp3) is 0.300. The summed E-state index contributed by atoms with van der Waals surface area (Å²) in [5.74, 6) is -0.461. The topological polar surface area (TPSA) is 86.8 Å². The molecule has 2 aromatic carbocycles. The lowest BCUT2D eigenvalue weighted by molar-refractivity contribution is -0.117. The van der Waals surface area contributed by atoms with Gasteiger partial charge >= 0.3 is 0 Å². The molecule has 0 atom stereocenters. The molecule has 1 aliphatic rings. The monoisotopic (exact) mass is 435 g/mol. The van der Waals surface area contributed by atoms with E-state index in [0.717, 1.165) is 10.7 Å². The van der Waals surface area contributed by atoms with E-state index in [9.17, 15) is 18.0 Å². The van der Waals surface area contributed by atoms with Crippen molar-refractivity contribution in [3.05, 3.63) is 58.6 Å². The van der Waals surface area contributed by atoms with Crippen molar-refractivity contribution in [2.24, 2.45) is 0 Å². The molecule has 1 fully saturated rings. The number of nitrogens with zero attached hydrogens (tertiary/aromatic N) is 2. The zero-order valence-corrected chi connectivity index (χ0v) is 17.8. The molecule has 154 valence electrons. The summed E-state index contributed by atoms with van der Waals surface area (Å²) in [4.78, 5) is 26.7. The fourth-order valence-corrected chi connectivity index (χ4v) is 4.47.